The Morgan fingerprint density at radius 2 is 2.15 bits per heavy atom. The average molecular weight is 272 g/mol. The number of nitrogens with zero attached hydrogens (tertiary/aromatic N) is 1. The smallest absolute Gasteiger partial charge is 0.0309 e. The lowest BCUT2D eigenvalue weighted by atomic mass is 9.90. The summed E-state index contributed by atoms with van der Waals surface area (Å²) in [6, 6.07) is 9.67. The Bertz CT molecular complexity index is 466. The van der Waals surface area contributed by atoms with Gasteiger partial charge in [0.25, 0.3) is 0 Å². The first kappa shape index (κ1) is 14.1. The van der Waals surface area contributed by atoms with Crippen molar-refractivity contribution >= 4 is 0 Å². The Labute approximate surface area is 123 Å². The second-order valence-electron chi connectivity index (χ2n) is 7.03. The predicted molar refractivity (Wildman–Crippen MR) is 84.8 cm³/mol. The van der Waals surface area contributed by atoms with Crippen LogP contribution < -0.4 is 5.32 Å². The van der Waals surface area contributed by atoms with E-state index in [4.69, 9.17) is 0 Å². The maximum absolute atomic E-state index is 3.84. The Hall–Kier alpha value is -0.860. The van der Waals surface area contributed by atoms with E-state index in [1.807, 2.05) is 0 Å². The van der Waals surface area contributed by atoms with Gasteiger partial charge >= 0.3 is 0 Å². The third-order valence-corrected chi connectivity index (χ3v) is 5.21. The molecule has 1 saturated carbocycles. The number of nitrogens with one attached hydrogen (secondary N) is 1. The second kappa shape index (κ2) is 5.50. The van der Waals surface area contributed by atoms with Crippen molar-refractivity contribution in [3.05, 3.63) is 35.4 Å². The molecular formula is C18H28N2. The normalized spacial score (nSPS) is 31.4. The van der Waals surface area contributed by atoms with Crippen LogP contribution in [-0.4, -0.2) is 29.6 Å². The lowest BCUT2D eigenvalue weighted by Gasteiger charge is -2.46. The lowest BCUT2D eigenvalue weighted by Crippen LogP contribution is -2.63. The summed E-state index contributed by atoms with van der Waals surface area (Å²) in [6.45, 7) is 10.4. The van der Waals surface area contributed by atoms with E-state index in [-0.39, 0.29) is 0 Å². The summed E-state index contributed by atoms with van der Waals surface area (Å²) in [5.74, 6) is 0.903. The van der Waals surface area contributed by atoms with Gasteiger partial charge in [-0.15, -0.1) is 0 Å². The standard InChI is InChI=1S/C18H28N2/c1-4-17-11-19-18(3,16-8-9-16)13-20(17)12-15-7-5-6-14(2)10-15/h5-7,10,16-17,19H,4,8-9,11-13H2,1-3H3. The van der Waals surface area contributed by atoms with Crippen molar-refractivity contribution in [1.82, 2.24) is 10.2 Å². The van der Waals surface area contributed by atoms with E-state index >= 15 is 0 Å². The molecule has 2 atom stereocenters. The van der Waals surface area contributed by atoms with Crippen molar-refractivity contribution in [2.24, 2.45) is 5.92 Å². The quantitative estimate of drug-likeness (QED) is 0.904. The molecule has 1 aromatic rings. The Balaban J connectivity index is 1.73. The first-order valence-electron chi connectivity index (χ1n) is 8.15. The number of rotatable bonds is 4. The average Bonchev–Trinajstić information content (AvgIpc) is 3.24. The zero-order valence-corrected chi connectivity index (χ0v) is 13.2. The summed E-state index contributed by atoms with van der Waals surface area (Å²) in [7, 11) is 0. The van der Waals surface area contributed by atoms with Gasteiger partial charge in [-0.1, -0.05) is 36.8 Å². The summed E-state index contributed by atoms with van der Waals surface area (Å²) in [5, 5.41) is 3.84. The molecule has 1 saturated heterocycles. The zero-order valence-electron chi connectivity index (χ0n) is 13.2. The van der Waals surface area contributed by atoms with Crippen LogP contribution in [0.25, 0.3) is 0 Å². The highest BCUT2D eigenvalue weighted by atomic mass is 15.3. The van der Waals surface area contributed by atoms with Gasteiger partial charge in [0.1, 0.15) is 0 Å². The molecule has 1 aliphatic carbocycles. The fourth-order valence-corrected chi connectivity index (χ4v) is 3.71. The summed E-state index contributed by atoms with van der Waals surface area (Å²) in [4.78, 5) is 2.71. The molecule has 0 aromatic heterocycles. The van der Waals surface area contributed by atoms with Gasteiger partial charge in [-0.05, 0) is 44.6 Å². The van der Waals surface area contributed by atoms with Crippen LogP contribution in [0.2, 0.25) is 0 Å². The number of piperazine rings is 1. The predicted octanol–water partition coefficient (Wildman–Crippen LogP) is 3.35. The SMILES string of the molecule is CCC1CNC(C)(C2CC2)CN1Cc1cccc(C)c1. The van der Waals surface area contributed by atoms with E-state index in [2.05, 4.69) is 55.3 Å². The van der Waals surface area contributed by atoms with Crippen LogP contribution in [0.3, 0.4) is 0 Å². The van der Waals surface area contributed by atoms with Crippen molar-refractivity contribution < 1.29 is 0 Å². The largest absolute Gasteiger partial charge is 0.308 e. The molecular weight excluding hydrogens is 244 g/mol. The summed E-state index contributed by atoms with van der Waals surface area (Å²) >= 11 is 0. The van der Waals surface area contributed by atoms with Crippen LogP contribution in [0.15, 0.2) is 24.3 Å². The van der Waals surface area contributed by atoms with Gasteiger partial charge in [0.15, 0.2) is 0 Å². The fraction of sp³-hybridized carbons (Fsp3) is 0.667. The van der Waals surface area contributed by atoms with Crippen molar-refractivity contribution in [1.29, 1.82) is 0 Å². The van der Waals surface area contributed by atoms with Crippen molar-refractivity contribution in [2.45, 2.75) is 58.2 Å². The van der Waals surface area contributed by atoms with Crippen LogP contribution in [0, 0.1) is 12.8 Å². The van der Waals surface area contributed by atoms with Crippen LogP contribution >= 0.6 is 0 Å². The van der Waals surface area contributed by atoms with Gasteiger partial charge in [-0.2, -0.15) is 0 Å². The first-order chi connectivity index (χ1) is 9.60. The Morgan fingerprint density at radius 3 is 2.80 bits per heavy atom. The number of benzene rings is 1. The Morgan fingerprint density at radius 1 is 1.35 bits per heavy atom. The van der Waals surface area contributed by atoms with Gasteiger partial charge < -0.3 is 5.32 Å². The molecule has 1 aliphatic heterocycles. The van der Waals surface area contributed by atoms with Gasteiger partial charge in [0.05, 0.1) is 0 Å². The van der Waals surface area contributed by atoms with Crippen molar-refractivity contribution in [2.75, 3.05) is 13.1 Å². The highest BCUT2D eigenvalue weighted by Gasteiger charge is 2.45. The highest BCUT2D eigenvalue weighted by Crippen LogP contribution is 2.41. The van der Waals surface area contributed by atoms with Gasteiger partial charge in [-0.3, -0.25) is 4.90 Å². The molecule has 1 aromatic carbocycles. The molecule has 0 spiro atoms. The van der Waals surface area contributed by atoms with E-state index in [9.17, 15) is 0 Å². The third kappa shape index (κ3) is 2.91. The van der Waals surface area contributed by atoms with Crippen LogP contribution in [-0.2, 0) is 6.54 Å². The van der Waals surface area contributed by atoms with Crippen LogP contribution in [0.1, 0.15) is 44.2 Å². The van der Waals surface area contributed by atoms with Gasteiger partial charge in [-0.25, -0.2) is 0 Å². The minimum atomic E-state index is 0.343. The Kier molecular flexibility index (Phi) is 3.87. The third-order valence-electron chi connectivity index (χ3n) is 5.21. The van der Waals surface area contributed by atoms with Crippen molar-refractivity contribution in [3.63, 3.8) is 0 Å². The molecule has 2 fully saturated rings. The maximum Gasteiger partial charge on any atom is 0.0309 e. The molecule has 0 amide bonds. The van der Waals surface area contributed by atoms with E-state index < -0.39 is 0 Å². The molecule has 2 aliphatic rings. The first-order valence-corrected chi connectivity index (χ1v) is 8.15. The minimum Gasteiger partial charge on any atom is -0.308 e. The summed E-state index contributed by atoms with van der Waals surface area (Å²) < 4.78 is 0. The fourth-order valence-electron chi connectivity index (χ4n) is 3.71. The molecule has 1 heterocycles. The monoisotopic (exact) mass is 272 g/mol. The second-order valence-corrected chi connectivity index (χ2v) is 7.03. The molecule has 2 unspecified atom stereocenters. The molecule has 1 N–H and O–H groups in total. The van der Waals surface area contributed by atoms with Gasteiger partial charge in [0, 0.05) is 31.2 Å². The maximum atomic E-state index is 3.84. The van der Waals surface area contributed by atoms with Crippen LogP contribution in [0.4, 0.5) is 0 Å². The molecule has 2 heteroatoms. The minimum absolute atomic E-state index is 0.343. The molecule has 20 heavy (non-hydrogen) atoms. The number of aryl methyl sites for hydroxylation is 1. The highest BCUT2D eigenvalue weighted by molar-refractivity contribution is 5.22. The van der Waals surface area contributed by atoms with E-state index in [1.165, 1.54) is 36.9 Å². The van der Waals surface area contributed by atoms with Crippen LogP contribution in [0.5, 0.6) is 0 Å². The zero-order chi connectivity index (χ0) is 14.2. The summed E-state index contributed by atoms with van der Waals surface area (Å²) in [6.07, 6.45) is 4.07. The molecule has 110 valence electrons. The van der Waals surface area contributed by atoms with E-state index in [0.29, 0.717) is 11.6 Å². The molecule has 3 rings (SSSR count). The molecule has 2 nitrogen and oxygen atoms in total. The molecule has 0 radical (unpaired) electrons. The topological polar surface area (TPSA) is 15.3 Å². The van der Waals surface area contributed by atoms with Crippen molar-refractivity contribution in [3.8, 4) is 0 Å². The van der Waals surface area contributed by atoms with E-state index in [1.54, 1.807) is 0 Å². The number of hydrogen-bond donors (Lipinski definition) is 1. The number of hydrogen-bond acceptors (Lipinski definition) is 2. The summed E-state index contributed by atoms with van der Waals surface area (Å²) in [5.41, 5.74) is 3.18. The van der Waals surface area contributed by atoms with E-state index in [0.717, 1.165) is 19.0 Å². The lowest BCUT2D eigenvalue weighted by molar-refractivity contribution is 0.0666. The molecule has 0 bridgehead atoms. The van der Waals surface area contributed by atoms with Gasteiger partial charge in [0.2, 0.25) is 0 Å².